The average Bonchev–Trinajstić information content (AvgIpc) is 2.12. The van der Waals surface area contributed by atoms with E-state index < -0.39 is 11.6 Å². The van der Waals surface area contributed by atoms with Crippen molar-refractivity contribution in [1.29, 1.82) is 0 Å². The summed E-state index contributed by atoms with van der Waals surface area (Å²) in [5.41, 5.74) is 7.02. The van der Waals surface area contributed by atoms with E-state index in [1.54, 1.807) is 6.07 Å². The minimum atomic E-state index is -0.771. The summed E-state index contributed by atoms with van der Waals surface area (Å²) in [6.07, 6.45) is 2.30. The van der Waals surface area contributed by atoms with Gasteiger partial charge in [-0.15, -0.1) is 0 Å². The standard InChI is InChI=1S/C10H11F2N/c11-8-5-4-6-7(10(8)12)2-1-3-9(6)13/h4-5,9H,1-3,13H2/t9-/m0/s1. The van der Waals surface area contributed by atoms with Crippen LogP contribution in [0.2, 0.25) is 0 Å². The highest BCUT2D eigenvalue weighted by atomic mass is 19.2. The maximum absolute atomic E-state index is 13.2. The Morgan fingerprint density at radius 3 is 2.85 bits per heavy atom. The monoisotopic (exact) mass is 183 g/mol. The molecule has 0 unspecified atom stereocenters. The van der Waals surface area contributed by atoms with E-state index in [1.165, 1.54) is 0 Å². The van der Waals surface area contributed by atoms with Crippen LogP contribution in [0.15, 0.2) is 12.1 Å². The summed E-state index contributed by atoms with van der Waals surface area (Å²) in [6.45, 7) is 0. The SMILES string of the molecule is N[C@H]1CCCc2c1ccc(F)c2F. The van der Waals surface area contributed by atoms with Crippen LogP contribution < -0.4 is 5.73 Å². The Balaban J connectivity index is 2.56. The predicted octanol–water partition coefficient (Wildman–Crippen LogP) is 2.30. The van der Waals surface area contributed by atoms with Gasteiger partial charge in [0.15, 0.2) is 11.6 Å². The van der Waals surface area contributed by atoms with Crippen LogP contribution in [-0.2, 0) is 6.42 Å². The van der Waals surface area contributed by atoms with Crippen LogP contribution in [0.25, 0.3) is 0 Å². The molecule has 1 atom stereocenters. The van der Waals surface area contributed by atoms with Crippen molar-refractivity contribution in [3.8, 4) is 0 Å². The molecule has 70 valence electrons. The second-order valence-corrected chi connectivity index (χ2v) is 3.43. The van der Waals surface area contributed by atoms with Gasteiger partial charge in [-0.3, -0.25) is 0 Å². The lowest BCUT2D eigenvalue weighted by Gasteiger charge is -2.22. The summed E-state index contributed by atoms with van der Waals surface area (Å²) >= 11 is 0. The van der Waals surface area contributed by atoms with Crippen LogP contribution in [0, 0.1) is 11.6 Å². The van der Waals surface area contributed by atoms with Crippen LogP contribution in [-0.4, -0.2) is 0 Å². The Morgan fingerprint density at radius 2 is 2.08 bits per heavy atom. The summed E-state index contributed by atoms with van der Waals surface area (Å²) < 4.78 is 26.0. The third kappa shape index (κ3) is 1.33. The summed E-state index contributed by atoms with van der Waals surface area (Å²) in [5.74, 6) is -1.49. The smallest absolute Gasteiger partial charge is 0.162 e. The molecule has 0 aliphatic heterocycles. The van der Waals surface area contributed by atoms with Gasteiger partial charge in [0.25, 0.3) is 0 Å². The van der Waals surface area contributed by atoms with Crippen molar-refractivity contribution in [3.63, 3.8) is 0 Å². The predicted molar refractivity (Wildman–Crippen MR) is 46.2 cm³/mol. The van der Waals surface area contributed by atoms with Gasteiger partial charge in [0.2, 0.25) is 0 Å². The Hall–Kier alpha value is -0.960. The van der Waals surface area contributed by atoms with Crippen molar-refractivity contribution in [2.45, 2.75) is 25.3 Å². The van der Waals surface area contributed by atoms with Crippen molar-refractivity contribution < 1.29 is 8.78 Å². The molecule has 1 nitrogen and oxygen atoms in total. The normalized spacial score (nSPS) is 21.3. The number of rotatable bonds is 0. The zero-order valence-electron chi connectivity index (χ0n) is 7.19. The summed E-state index contributed by atoms with van der Waals surface area (Å²) in [5, 5.41) is 0. The fraction of sp³-hybridized carbons (Fsp3) is 0.400. The third-order valence-corrected chi connectivity index (χ3v) is 2.57. The van der Waals surface area contributed by atoms with Gasteiger partial charge in [-0.05, 0) is 36.5 Å². The van der Waals surface area contributed by atoms with Crippen molar-refractivity contribution in [3.05, 3.63) is 34.9 Å². The number of hydrogen-bond donors (Lipinski definition) is 1. The van der Waals surface area contributed by atoms with E-state index in [1.807, 2.05) is 0 Å². The molecule has 0 bridgehead atoms. The van der Waals surface area contributed by atoms with Crippen molar-refractivity contribution in [1.82, 2.24) is 0 Å². The zero-order chi connectivity index (χ0) is 9.42. The Bertz CT molecular complexity index is 336. The van der Waals surface area contributed by atoms with Crippen molar-refractivity contribution in [2.24, 2.45) is 5.73 Å². The molecule has 1 aliphatic rings. The second-order valence-electron chi connectivity index (χ2n) is 3.43. The lowest BCUT2D eigenvalue weighted by Crippen LogP contribution is -2.18. The van der Waals surface area contributed by atoms with Crippen molar-refractivity contribution >= 4 is 0 Å². The summed E-state index contributed by atoms with van der Waals surface area (Å²) in [4.78, 5) is 0. The largest absolute Gasteiger partial charge is 0.324 e. The number of halogens is 2. The van der Waals surface area contributed by atoms with Gasteiger partial charge in [0.1, 0.15) is 0 Å². The van der Waals surface area contributed by atoms with Crippen LogP contribution in [0.4, 0.5) is 8.78 Å². The molecule has 0 fully saturated rings. The summed E-state index contributed by atoms with van der Waals surface area (Å²) in [6, 6.07) is 2.62. The molecule has 0 spiro atoms. The number of fused-ring (bicyclic) bond motifs is 1. The topological polar surface area (TPSA) is 26.0 Å². The van der Waals surface area contributed by atoms with E-state index in [9.17, 15) is 8.78 Å². The molecule has 0 radical (unpaired) electrons. The van der Waals surface area contributed by atoms with Gasteiger partial charge < -0.3 is 5.73 Å². The van der Waals surface area contributed by atoms with Gasteiger partial charge in [-0.25, -0.2) is 8.78 Å². The lowest BCUT2D eigenvalue weighted by molar-refractivity contribution is 0.474. The minimum Gasteiger partial charge on any atom is -0.324 e. The van der Waals surface area contributed by atoms with Gasteiger partial charge in [-0.1, -0.05) is 6.07 Å². The van der Waals surface area contributed by atoms with Gasteiger partial charge in [-0.2, -0.15) is 0 Å². The van der Waals surface area contributed by atoms with Crippen LogP contribution in [0.1, 0.15) is 30.0 Å². The molecule has 0 saturated heterocycles. The van der Waals surface area contributed by atoms with Crippen LogP contribution in [0.3, 0.4) is 0 Å². The number of hydrogen-bond acceptors (Lipinski definition) is 1. The molecule has 13 heavy (non-hydrogen) atoms. The second kappa shape index (κ2) is 3.07. The molecule has 0 heterocycles. The molecule has 3 heteroatoms. The highest BCUT2D eigenvalue weighted by Crippen LogP contribution is 2.30. The van der Waals surface area contributed by atoms with Gasteiger partial charge in [0.05, 0.1) is 0 Å². The van der Waals surface area contributed by atoms with Crippen molar-refractivity contribution in [2.75, 3.05) is 0 Å². The summed E-state index contributed by atoms with van der Waals surface area (Å²) in [7, 11) is 0. The van der Waals surface area contributed by atoms with E-state index in [2.05, 4.69) is 0 Å². The van der Waals surface area contributed by atoms with Crippen LogP contribution >= 0.6 is 0 Å². The number of nitrogens with two attached hydrogens (primary N) is 1. The van der Waals surface area contributed by atoms with Gasteiger partial charge in [0, 0.05) is 6.04 Å². The highest BCUT2D eigenvalue weighted by Gasteiger charge is 2.21. The first-order chi connectivity index (χ1) is 6.20. The number of benzene rings is 1. The molecule has 1 aliphatic carbocycles. The van der Waals surface area contributed by atoms with Gasteiger partial charge >= 0.3 is 0 Å². The van der Waals surface area contributed by atoms with E-state index in [0.717, 1.165) is 24.5 Å². The highest BCUT2D eigenvalue weighted by molar-refractivity contribution is 5.33. The lowest BCUT2D eigenvalue weighted by atomic mass is 9.88. The molecule has 0 saturated carbocycles. The van der Waals surface area contributed by atoms with E-state index in [-0.39, 0.29) is 6.04 Å². The minimum absolute atomic E-state index is 0.126. The van der Waals surface area contributed by atoms with E-state index >= 15 is 0 Å². The first-order valence-electron chi connectivity index (χ1n) is 4.42. The first-order valence-corrected chi connectivity index (χ1v) is 4.42. The molecular weight excluding hydrogens is 172 g/mol. The third-order valence-electron chi connectivity index (χ3n) is 2.57. The van der Waals surface area contributed by atoms with E-state index in [0.29, 0.717) is 12.0 Å². The Kier molecular flexibility index (Phi) is 2.04. The Labute approximate surface area is 75.6 Å². The maximum Gasteiger partial charge on any atom is 0.162 e. The average molecular weight is 183 g/mol. The quantitative estimate of drug-likeness (QED) is 0.656. The molecule has 0 amide bonds. The zero-order valence-corrected chi connectivity index (χ0v) is 7.19. The molecule has 2 rings (SSSR count). The van der Waals surface area contributed by atoms with E-state index in [4.69, 9.17) is 5.73 Å². The van der Waals surface area contributed by atoms with Crippen LogP contribution in [0.5, 0.6) is 0 Å². The Morgan fingerprint density at radius 1 is 1.31 bits per heavy atom. The molecule has 1 aromatic carbocycles. The first kappa shape index (κ1) is 8.63. The molecule has 0 aromatic heterocycles. The fourth-order valence-electron chi connectivity index (χ4n) is 1.86. The molecular formula is C10H11F2N. The molecule has 2 N–H and O–H groups in total. The fourth-order valence-corrected chi connectivity index (χ4v) is 1.86. The maximum atomic E-state index is 13.2. The molecule has 1 aromatic rings.